The van der Waals surface area contributed by atoms with Gasteiger partial charge in [0.05, 0.1) is 6.21 Å². The highest BCUT2D eigenvalue weighted by Crippen LogP contribution is 2.21. The Labute approximate surface area is 159 Å². The summed E-state index contributed by atoms with van der Waals surface area (Å²) in [6.07, 6.45) is 2.14. The van der Waals surface area contributed by atoms with E-state index in [-0.39, 0.29) is 12.5 Å². The molecule has 136 valence electrons. The van der Waals surface area contributed by atoms with Crippen molar-refractivity contribution in [3.05, 3.63) is 64.1 Å². The van der Waals surface area contributed by atoms with E-state index in [9.17, 15) is 9.59 Å². The number of carbonyl (C=O) groups is 2. The van der Waals surface area contributed by atoms with E-state index in [4.69, 9.17) is 10.5 Å². The van der Waals surface area contributed by atoms with E-state index in [2.05, 4.69) is 31.8 Å². The molecule has 0 radical (unpaired) electrons. The topological polar surface area (TPSA) is 106 Å². The number of hydrogen-bond acceptors (Lipinski definition) is 4. The molecule has 0 aliphatic rings. The van der Waals surface area contributed by atoms with Crippen molar-refractivity contribution in [1.82, 2.24) is 10.7 Å². The largest absolute Gasteiger partial charge is 0.483 e. The maximum absolute atomic E-state index is 11.9. The predicted molar refractivity (Wildman–Crippen MR) is 103 cm³/mol. The molecule has 0 bridgehead atoms. The molecule has 2 aromatic rings. The van der Waals surface area contributed by atoms with Gasteiger partial charge in [-0.25, -0.2) is 10.2 Å². The van der Waals surface area contributed by atoms with E-state index in [0.29, 0.717) is 17.9 Å². The number of nitrogens with zero attached hydrogens (tertiary/aromatic N) is 1. The van der Waals surface area contributed by atoms with Crippen LogP contribution in [0.2, 0.25) is 0 Å². The van der Waals surface area contributed by atoms with Crippen molar-refractivity contribution >= 4 is 34.1 Å². The lowest BCUT2D eigenvalue weighted by Gasteiger charge is -2.10. The quantitative estimate of drug-likeness (QED) is 0.451. The fraction of sp³-hybridized carbons (Fsp3) is 0.167. The molecule has 8 heteroatoms. The summed E-state index contributed by atoms with van der Waals surface area (Å²) in [6, 6.07) is 14.4. The summed E-state index contributed by atoms with van der Waals surface area (Å²) in [6.45, 7) is 0.407. The Bertz CT molecular complexity index is 781. The minimum atomic E-state index is -0.767. The van der Waals surface area contributed by atoms with Crippen LogP contribution in [0.1, 0.15) is 11.1 Å². The third-order valence-corrected chi connectivity index (χ3v) is 3.78. The van der Waals surface area contributed by atoms with Crippen molar-refractivity contribution in [3.8, 4) is 5.75 Å². The second-order valence-electron chi connectivity index (χ2n) is 5.29. The number of nitrogens with two attached hydrogens (primary N) is 1. The van der Waals surface area contributed by atoms with Gasteiger partial charge in [-0.3, -0.25) is 4.79 Å². The summed E-state index contributed by atoms with van der Waals surface area (Å²) in [4.78, 5) is 22.6. The van der Waals surface area contributed by atoms with Crippen LogP contribution in [0.15, 0.2) is 58.1 Å². The molecule has 0 aliphatic heterocycles. The Kier molecular flexibility index (Phi) is 7.63. The molecule has 2 rings (SSSR count). The number of amides is 3. The number of benzene rings is 2. The molecular weight excluding hydrogens is 400 g/mol. The molecule has 2 aromatic carbocycles. The number of nitrogens with one attached hydrogen (secondary N) is 2. The van der Waals surface area contributed by atoms with Gasteiger partial charge in [-0.1, -0.05) is 46.3 Å². The lowest BCUT2D eigenvalue weighted by atomic mass is 10.1. The minimum absolute atomic E-state index is 0.124. The van der Waals surface area contributed by atoms with Crippen LogP contribution in [0, 0.1) is 0 Å². The Hall–Kier alpha value is -2.87. The monoisotopic (exact) mass is 418 g/mol. The zero-order chi connectivity index (χ0) is 18.8. The number of carbonyl (C=O) groups excluding carboxylic acids is 2. The van der Waals surface area contributed by atoms with Gasteiger partial charge in [0.25, 0.3) is 5.91 Å². The molecule has 0 atom stereocenters. The SMILES string of the molecule is NC(=O)NN=Cc1cc(Br)ccc1OCC(=O)NCCc1ccccc1. The molecule has 0 heterocycles. The molecule has 0 unspecified atom stereocenters. The highest BCUT2D eigenvalue weighted by atomic mass is 79.9. The Morgan fingerprint density at radius 2 is 1.96 bits per heavy atom. The van der Waals surface area contributed by atoms with E-state index < -0.39 is 6.03 Å². The molecule has 0 aliphatic carbocycles. The number of ether oxygens (including phenoxy) is 1. The van der Waals surface area contributed by atoms with Crippen molar-refractivity contribution in [2.24, 2.45) is 10.8 Å². The van der Waals surface area contributed by atoms with Crippen LogP contribution in [0.5, 0.6) is 5.75 Å². The minimum Gasteiger partial charge on any atom is -0.483 e. The summed E-state index contributed by atoms with van der Waals surface area (Å²) < 4.78 is 6.35. The van der Waals surface area contributed by atoms with E-state index in [1.54, 1.807) is 18.2 Å². The zero-order valence-corrected chi connectivity index (χ0v) is 15.5. The zero-order valence-electron chi connectivity index (χ0n) is 13.9. The average Bonchev–Trinajstić information content (AvgIpc) is 2.61. The fourth-order valence-corrected chi connectivity index (χ4v) is 2.48. The van der Waals surface area contributed by atoms with Crippen LogP contribution in [-0.2, 0) is 11.2 Å². The van der Waals surface area contributed by atoms with Crippen LogP contribution >= 0.6 is 15.9 Å². The smallest absolute Gasteiger partial charge is 0.332 e. The van der Waals surface area contributed by atoms with Gasteiger partial charge in [-0.15, -0.1) is 0 Å². The first kappa shape index (κ1) is 19.5. The summed E-state index contributed by atoms with van der Waals surface area (Å²) in [5.41, 5.74) is 8.80. The van der Waals surface area contributed by atoms with E-state index in [1.807, 2.05) is 30.3 Å². The molecule has 7 nitrogen and oxygen atoms in total. The number of hydrogen-bond donors (Lipinski definition) is 3. The highest BCUT2D eigenvalue weighted by molar-refractivity contribution is 9.10. The third kappa shape index (κ3) is 6.94. The normalized spacial score (nSPS) is 10.5. The highest BCUT2D eigenvalue weighted by Gasteiger charge is 2.07. The molecule has 0 fully saturated rings. The van der Waals surface area contributed by atoms with Crippen molar-refractivity contribution < 1.29 is 14.3 Å². The predicted octanol–water partition coefficient (Wildman–Crippen LogP) is 2.19. The van der Waals surface area contributed by atoms with E-state index in [0.717, 1.165) is 16.5 Å². The summed E-state index contributed by atoms with van der Waals surface area (Å²) >= 11 is 3.35. The number of hydrazone groups is 1. The fourth-order valence-electron chi connectivity index (χ4n) is 2.10. The van der Waals surface area contributed by atoms with Gasteiger partial charge in [0, 0.05) is 16.6 Å². The van der Waals surface area contributed by atoms with Gasteiger partial charge in [0.2, 0.25) is 0 Å². The molecule has 3 amide bonds. The van der Waals surface area contributed by atoms with Crippen molar-refractivity contribution in [2.45, 2.75) is 6.42 Å². The maximum Gasteiger partial charge on any atom is 0.332 e. The van der Waals surface area contributed by atoms with Gasteiger partial charge >= 0.3 is 6.03 Å². The Balaban J connectivity index is 1.84. The summed E-state index contributed by atoms with van der Waals surface area (Å²) in [5, 5.41) is 6.51. The molecular formula is C18H19BrN4O3. The van der Waals surface area contributed by atoms with Crippen LogP contribution in [0.25, 0.3) is 0 Å². The average molecular weight is 419 g/mol. The molecule has 0 aromatic heterocycles. The first-order valence-corrected chi connectivity index (χ1v) is 8.65. The molecule has 0 spiro atoms. The number of primary amides is 1. The summed E-state index contributed by atoms with van der Waals surface area (Å²) in [7, 11) is 0. The Morgan fingerprint density at radius 1 is 1.19 bits per heavy atom. The first-order valence-electron chi connectivity index (χ1n) is 7.86. The van der Waals surface area contributed by atoms with Crippen LogP contribution in [-0.4, -0.2) is 31.3 Å². The van der Waals surface area contributed by atoms with Gasteiger partial charge in [0.1, 0.15) is 5.75 Å². The van der Waals surface area contributed by atoms with E-state index >= 15 is 0 Å². The van der Waals surface area contributed by atoms with Crippen LogP contribution in [0.4, 0.5) is 4.79 Å². The molecule has 4 N–H and O–H groups in total. The van der Waals surface area contributed by atoms with Crippen molar-refractivity contribution in [3.63, 3.8) is 0 Å². The number of urea groups is 1. The number of rotatable bonds is 8. The Morgan fingerprint density at radius 3 is 2.69 bits per heavy atom. The molecule has 26 heavy (non-hydrogen) atoms. The number of halogens is 1. The van der Waals surface area contributed by atoms with Gasteiger partial charge in [-0.2, -0.15) is 5.10 Å². The molecule has 0 saturated carbocycles. The standard InChI is InChI=1S/C18H19BrN4O3/c19-15-6-7-16(14(10-15)11-22-23-18(20)25)26-12-17(24)21-9-8-13-4-2-1-3-5-13/h1-7,10-11H,8-9,12H2,(H,21,24)(H3,20,23,25). The summed E-state index contributed by atoms with van der Waals surface area (Å²) in [5.74, 6) is 0.239. The third-order valence-electron chi connectivity index (χ3n) is 3.29. The van der Waals surface area contributed by atoms with Crippen molar-refractivity contribution in [1.29, 1.82) is 0 Å². The first-order chi connectivity index (χ1) is 12.5. The van der Waals surface area contributed by atoms with Crippen LogP contribution in [0.3, 0.4) is 0 Å². The second-order valence-corrected chi connectivity index (χ2v) is 6.21. The molecule has 0 saturated heterocycles. The van der Waals surface area contributed by atoms with Crippen LogP contribution < -0.4 is 21.2 Å². The maximum atomic E-state index is 11.9. The van der Waals surface area contributed by atoms with Crippen molar-refractivity contribution in [2.75, 3.05) is 13.2 Å². The second kappa shape index (κ2) is 10.2. The lowest BCUT2D eigenvalue weighted by molar-refractivity contribution is -0.123. The van der Waals surface area contributed by atoms with E-state index in [1.165, 1.54) is 6.21 Å². The van der Waals surface area contributed by atoms with Gasteiger partial charge in [0.15, 0.2) is 6.61 Å². The van der Waals surface area contributed by atoms with Gasteiger partial charge < -0.3 is 15.8 Å². The van der Waals surface area contributed by atoms with Gasteiger partial charge in [-0.05, 0) is 30.2 Å². The lowest BCUT2D eigenvalue weighted by Crippen LogP contribution is -2.30.